The molecule has 1 saturated heterocycles. The average molecular weight is 370 g/mol. The first-order chi connectivity index (χ1) is 13.2. The third-order valence-corrected chi connectivity index (χ3v) is 4.93. The maximum absolute atomic E-state index is 13.3. The number of ether oxygens (including phenoxy) is 1. The van der Waals surface area contributed by atoms with E-state index >= 15 is 0 Å². The lowest BCUT2D eigenvalue weighted by molar-refractivity contribution is -0.120. The minimum atomic E-state index is -0.238. The summed E-state index contributed by atoms with van der Waals surface area (Å²) in [6.45, 7) is 5.12. The molecule has 2 aromatic carbocycles. The largest absolute Gasteiger partial charge is 0.494 e. The summed E-state index contributed by atoms with van der Waals surface area (Å²) in [7, 11) is 0. The molecule has 5 heteroatoms. The fraction of sp³-hybridized carbons (Fsp3) is 0.409. The quantitative estimate of drug-likeness (QED) is 0.770. The van der Waals surface area contributed by atoms with E-state index in [1.165, 1.54) is 12.1 Å². The van der Waals surface area contributed by atoms with Gasteiger partial charge in [0.25, 0.3) is 0 Å². The number of nitrogens with zero attached hydrogens (tertiary/aromatic N) is 1. The van der Waals surface area contributed by atoms with Crippen LogP contribution in [0.25, 0.3) is 0 Å². The van der Waals surface area contributed by atoms with Crippen LogP contribution in [0, 0.1) is 5.82 Å². The normalized spacial score (nSPS) is 15.5. The van der Waals surface area contributed by atoms with E-state index in [2.05, 4.69) is 10.2 Å². The molecule has 1 unspecified atom stereocenters. The zero-order valence-corrected chi connectivity index (χ0v) is 15.8. The van der Waals surface area contributed by atoms with Gasteiger partial charge in [0.15, 0.2) is 0 Å². The number of carbonyl (C=O) groups is 1. The van der Waals surface area contributed by atoms with Crippen molar-refractivity contribution in [2.24, 2.45) is 0 Å². The van der Waals surface area contributed by atoms with Gasteiger partial charge in [0.1, 0.15) is 11.6 Å². The van der Waals surface area contributed by atoms with Crippen LogP contribution in [0.3, 0.4) is 0 Å². The molecule has 1 fully saturated rings. The maximum Gasteiger partial charge on any atom is 0.224 e. The number of halogens is 1. The summed E-state index contributed by atoms with van der Waals surface area (Å²) in [5, 5.41) is 3.06. The Morgan fingerprint density at radius 2 is 1.78 bits per heavy atom. The second kappa shape index (κ2) is 9.51. The van der Waals surface area contributed by atoms with Crippen LogP contribution in [-0.4, -0.2) is 37.0 Å². The second-order valence-corrected chi connectivity index (χ2v) is 6.87. The fourth-order valence-corrected chi connectivity index (χ4v) is 3.52. The van der Waals surface area contributed by atoms with Crippen LogP contribution < -0.4 is 10.1 Å². The Hall–Kier alpha value is -2.40. The minimum absolute atomic E-state index is 0.00883. The number of hydrogen-bond donors (Lipinski definition) is 1. The molecular formula is C22H27FN2O2. The summed E-state index contributed by atoms with van der Waals surface area (Å²) >= 11 is 0. The van der Waals surface area contributed by atoms with Gasteiger partial charge in [-0.2, -0.15) is 0 Å². The Morgan fingerprint density at radius 1 is 1.11 bits per heavy atom. The second-order valence-electron chi connectivity index (χ2n) is 6.87. The molecule has 0 aliphatic carbocycles. The lowest BCUT2D eigenvalue weighted by Crippen LogP contribution is -2.37. The number of amides is 1. The van der Waals surface area contributed by atoms with Gasteiger partial charge in [0.2, 0.25) is 5.91 Å². The van der Waals surface area contributed by atoms with Crippen molar-refractivity contribution in [2.75, 3.05) is 26.2 Å². The molecule has 3 rings (SSSR count). The van der Waals surface area contributed by atoms with Crippen LogP contribution in [0.5, 0.6) is 5.75 Å². The Kier molecular flexibility index (Phi) is 6.82. The van der Waals surface area contributed by atoms with Gasteiger partial charge in [-0.15, -0.1) is 0 Å². The lowest BCUT2D eigenvalue weighted by Gasteiger charge is -2.28. The number of benzene rings is 2. The van der Waals surface area contributed by atoms with Crippen LogP contribution in [0.15, 0.2) is 48.5 Å². The summed E-state index contributed by atoms with van der Waals surface area (Å²) in [5.74, 6) is 0.566. The van der Waals surface area contributed by atoms with Crippen LogP contribution in [0.2, 0.25) is 0 Å². The highest BCUT2D eigenvalue weighted by Crippen LogP contribution is 2.25. The molecular weight excluding hydrogens is 343 g/mol. The first-order valence-electron chi connectivity index (χ1n) is 9.63. The number of likely N-dealkylation sites (tertiary alicyclic amines) is 1. The summed E-state index contributed by atoms with van der Waals surface area (Å²) in [5.41, 5.74) is 2.00. The molecule has 0 saturated carbocycles. The number of hydrogen-bond acceptors (Lipinski definition) is 3. The third-order valence-electron chi connectivity index (χ3n) is 4.93. The van der Waals surface area contributed by atoms with Crippen molar-refractivity contribution < 1.29 is 13.9 Å². The van der Waals surface area contributed by atoms with E-state index in [9.17, 15) is 9.18 Å². The summed E-state index contributed by atoms with van der Waals surface area (Å²) in [6, 6.07) is 14.3. The number of nitrogens with one attached hydrogen (secondary N) is 1. The topological polar surface area (TPSA) is 41.6 Å². The highest BCUT2D eigenvalue weighted by atomic mass is 19.1. The molecule has 144 valence electrons. The summed E-state index contributed by atoms with van der Waals surface area (Å²) < 4.78 is 18.7. The Balaban J connectivity index is 1.59. The van der Waals surface area contributed by atoms with Crippen LogP contribution in [0.4, 0.5) is 4.39 Å². The van der Waals surface area contributed by atoms with E-state index < -0.39 is 0 Å². The van der Waals surface area contributed by atoms with Crippen molar-refractivity contribution in [2.45, 2.75) is 32.2 Å². The first kappa shape index (κ1) is 19.4. The van der Waals surface area contributed by atoms with Crippen LogP contribution >= 0.6 is 0 Å². The Bertz CT molecular complexity index is 725. The number of rotatable bonds is 8. The van der Waals surface area contributed by atoms with Crippen molar-refractivity contribution in [3.05, 3.63) is 65.5 Å². The van der Waals surface area contributed by atoms with Crippen molar-refractivity contribution in [1.29, 1.82) is 0 Å². The maximum atomic E-state index is 13.3. The molecule has 27 heavy (non-hydrogen) atoms. The third kappa shape index (κ3) is 5.54. The average Bonchev–Trinajstić information content (AvgIpc) is 3.20. The molecule has 1 heterocycles. The van der Waals surface area contributed by atoms with Crippen molar-refractivity contribution >= 4 is 5.91 Å². The lowest BCUT2D eigenvalue weighted by atomic mass is 10.0. The SMILES string of the molecule is CCOc1ccc(CC(=O)NCC(c2ccc(F)cc2)N2CCCC2)cc1. The van der Waals surface area contributed by atoms with Gasteiger partial charge in [-0.1, -0.05) is 24.3 Å². The van der Waals surface area contributed by atoms with E-state index in [-0.39, 0.29) is 17.8 Å². The van der Waals surface area contributed by atoms with E-state index in [0.29, 0.717) is 19.6 Å². The molecule has 1 N–H and O–H groups in total. The fourth-order valence-electron chi connectivity index (χ4n) is 3.52. The van der Waals surface area contributed by atoms with Crippen LogP contribution in [0.1, 0.15) is 36.9 Å². The van der Waals surface area contributed by atoms with Gasteiger partial charge in [-0.05, 0) is 68.2 Å². The van der Waals surface area contributed by atoms with Gasteiger partial charge in [-0.3, -0.25) is 9.69 Å². The number of carbonyl (C=O) groups excluding carboxylic acids is 1. The molecule has 1 amide bonds. The van der Waals surface area contributed by atoms with E-state index in [0.717, 1.165) is 42.8 Å². The predicted molar refractivity (Wildman–Crippen MR) is 104 cm³/mol. The van der Waals surface area contributed by atoms with Crippen molar-refractivity contribution in [3.8, 4) is 5.75 Å². The molecule has 2 aromatic rings. The summed E-state index contributed by atoms with van der Waals surface area (Å²) in [6.07, 6.45) is 2.66. The minimum Gasteiger partial charge on any atom is -0.494 e. The highest BCUT2D eigenvalue weighted by molar-refractivity contribution is 5.78. The van der Waals surface area contributed by atoms with Gasteiger partial charge in [0.05, 0.1) is 19.1 Å². The zero-order chi connectivity index (χ0) is 19.1. The van der Waals surface area contributed by atoms with E-state index in [1.807, 2.05) is 43.3 Å². The molecule has 1 aliphatic rings. The molecule has 1 aliphatic heterocycles. The van der Waals surface area contributed by atoms with Gasteiger partial charge < -0.3 is 10.1 Å². The monoisotopic (exact) mass is 370 g/mol. The molecule has 0 spiro atoms. The molecule has 0 aromatic heterocycles. The molecule has 0 radical (unpaired) electrons. The predicted octanol–water partition coefficient (Wildman–Crippen LogP) is 3.72. The molecule has 4 nitrogen and oxygen atoms in total. The molecule has 0 bridgehead atoms. The molecule has 1 atom stereocenters. The van der Waals surface area contributed by atoms with Crippen molar-refractivity contribution in [1.82, 2.24) is 10.2 Å². The smallest absolute Gasteiger partial charge is 0.224 e. The zero-order valence-electron chi connectivity index (χ0n) is 15.8. The summed E-state index contributed by atoms with van der Waals surface area (Å²) in [4.78, 5) is 14.8. The van der Waals surface area contributed by atoms with Gasteiger partial charge in [-0.25, -0.2) is 4.39 Å². The highest BCUT2D eigenvalue weighted by Gasteiger charge is 2.24. The van der Waals surface area contributed by atoms with Gasteiger partial charge >= 0.3 is 0 Å². The van der Waals surface area contributed by atoms with E-state index in [1.54, 1.807) is 0 Å². The van der Waals surface area contributed by atoms with E-state index in [4.69, 9.17) is 4.74 Å². The standard InChI is InChI=1S/C22H27FN2O2/c1-2-27-20-11-5-17(6-12-20)15-22(26)24-16-21(25-13-3-4-14-25)18-7-9-19(23)10-8-18/h5-12,21H,2-4,13-16H2,1H3,(H,24,26). The van der Waals surface area contributed by atoms with Crippen LogP contribution in [-0.2, 0) is 11.2 Å². The van der Waals surface area contributed by atoms with Gasteiger partial charge in [0, 0.05) is 6.54 Å². The Morgan fingerprint density at radius 3 is 2.41 bits per heavy atom. The first-order valence-corrected chi connectivity index (χ1v) is 9.63. The van der Waals surface area contributed by atoms with Crippen molar-refractivity contribution in [3.63, 3.8) is 0 Å². The Labute approximate surface area is 160 Å².